The van der Waals surface area contributed by atoms with Gasteiger partial charge < -0.3 is 10.1 Å². The Balaban J connectivity index is 1.92. The van der Waals surface area contributed by atoms with Gasteiger partial charge in [-0.05, 0) is 6.42 Å². The molecule has 72 valence electrons. The molecule has 1 unspecified atom stereocenters. The van der Waals surface area contributed by atoms with E-state index in [9.17, 15) is 0 Å². The van der Waals surface area contributed by atoms with Crippen molar-refractivity contribution in [2.75, 3.05) is 13.2 Å². The number of hydrogen-bond acceptors (Lipinski definition) is 4. The summed E-state index contributed by atoms with van der Waals surface area (Å²) < 4.78 is 5.12. The van der Waals surface area contributed by atoms with Gasteiger partial charge in [0, 0.05) is 11.6 Å². The quantitative estimate of drug-likeness (QED) is 0.797. The Morgan fingerprint density at radius 3 is 3.08 bits per heavy atom. The molecular weight excluding hydrogens is 184 g/mol. The monoisotopic (exact) mass is 198 g/mol. The van der Waals surface area contributed by atoms with Crippen molar-refractivity contribution in [1.29, 1.82) is 0 Å². The predicted molar refractivity (Wildman–Crippen MR) is 52.9 cm³/mol. The standard InChI is InChI=1S/C9H14N2OS/c1-2-8(9-10-3-4-13-9)11-7-5-12-6-7/h3-4,7-8,11H,2,5-6H2,1H3. The number of nitrogens with zero attached hydrogens (tertiary/aromatic N) is 1. The maximum Gasteiger partial charge on any atom is 0.109 e. The first-order chi connectivity index (χ1) is 6.40. The first-order valence-corrected chi connectivity index (χ1v) is 5.51. The Kier molecular flexibility index (Phi) is 2.93. The van der Waals surface area contributed by atoms with Crippen LogP contribution >= 0.6 is 11.3 Å². The lowest BCUT2D eigenvalue weighted by molar-refractivity contribution is -0.0103. The zero-order valence-electron chi connectivity index (χ0n) is 7.69. The summed E-state index contributed by atoms with van der Waals surface area (Å²) in [6.45, 7) is 3.88. The summed E-state index contributed by atoms with van der Waals surface area (Å²) in [6, 6.07) is 0.947. The highest BCUT2D eigenvalue weighted by Gasteiger charge is 2.22. The Morgan fingerprint density at radius 1 is 1.77 bits per heavy atom. The first kappa shape index (κ1) is 9.12. The summed E-state index contributed by atoms with van der Waals surface area (Å²) in [6.07, 6.45) is 2.95. The summed E-state index contributed by atoms with van der Waals surface area (Å²) in [4.78, 5) is 4.31. The van der Waals surface area contributed by atoms with E-state index < -0.39 is 0 Å². The molecule has 0 radical (unpaired) electrons. The van der Waals surface area contributed by atoms with Crippen LogP contribution in [0.1, 0.15) is 24.4 Å². The third-order valence-electron chi connectivity index (χ3n) is 2.23. The van der Waals surface area contributed by atoms with E-state index in [4.69, 9.17) is 4.74 Å². The number of rotatable bonds is 4. The third-order valence-corrected chi connectivity index (χ3v) is 3.12. The SMILES string of the molecule is CCC(NC1COC1)c1nccs1. The van der Waals surface area contributed by atoms with Gasteiger partial charge in [0.2, 0.25) is 0 Å². The summed E-state index contributed by atoms with van der Waals surface area (Å²) in [5, 5.41) is 6.74. The van der Waals surface area contributed by atoms with E-state index in [1.807, 2.05) is 11.6 Å². The van der Waals surface area contributed by atoms with Crippen LogP contribution in [0.2, 0.25) is 0 Å². The minimum Gasteiger partial charge on any atom is -0.378 e. The summed E-state index contributed by atoms with van der Waals surface area (Å²) in [7, 11) is 0. The van der Waals surface area contributed by atoms with Crippen LogP contribution < -0.4 is 5.32 Å². The molecule has 3 nitrogen and oxygen atoms in total. The molecule has 0 saturated carbocycles. The van der Waals surface area contributed by atoms with Crippen molar-refractivity contribution in [2.24, 2.45) is 0 Å². The minimum atomic E-state index is 0.411. The van der Waals surface area contributed by atoms with Gasteiger partial charge in [-0.1, -0.05) is 6.92 Å². The highest BCUT2D eigenvalue weighted by atomic mass is 32.1. The molecule has 1 saturated heterocycles. The van der Waals surface area contributed by atoms with E-state index in [0.717, 1.165) is 19.6 Å². The predicted octanol–water partition coefficient (Wildman–Crippen LogP) is 1.58. The van der Waals surface area contributed by atoms with E-state index in [1.165, 1.54) is 5.01 Å². The first-order valence-electron chi connectivity index (χ1n) is 4.63. The minimum absolute atomic E-state index is 0.411. The molecule has 2 rings (SSSR count). The van der Waals surface area contributed by atoms with E-state index >= 15 is 0 Å². The van der Waals surface area contributed by atoms with Gasteiger partial charge in [0.1, 0.15) is 5.01 Å². The number of ether oxygens (including phenoxy) is 1. The Bertz CT molecular complexity index is 246. The summed E-state index contributed by atoms with van der Waals surface area (Å²) in [5.41, 5.74) is 0. The fourth-order valence-electron chi connectivity index (χ4n) is 1.39. The van der Waals surface area contributed by atoms with Crippen molar-refractivity contribution < 1.29 is 4.74 Å². The molecule has 1 N–H and O–H groups in total. The maximum atomic E-state index is 5.12. The molecule has 13 heavy (non-hydrogen) atoms. The molecule has 1 fully saturated rings. The molecule has 1 aromatic heterocycles. The van der Waals surface area contributed by atoms with Crippen LogP contribution in [0.4, 0.5) is 0 Å². The second-order valence-electron chi connectivity index (χ2n) is 3.23. The maximum absolute atomic E-state index is 5.12. The molecule has 0 amide bonds. The van der Waals surface area contributed by atoms with Crippen LogP contribution in [0.5, 0.6) is 0 Å². The molecule has 0 aliphatic carbocycles. The second kappa shape index (κ2) is 4.17. The van der Waals surface area contributed by atoms with Crippen LogP contribution in [0, 0.1) is 0 Å². The van der Waals surface area contributed by atoms with Crippen molar-refractivity contribution in [1.82, 2.24) is 10.3 Å². The zero-order chi connectivity index (χ0) is 9.10. The van der Waals surface area contributed by atoms with Gasteiger partial charge in [-0.15, -0.1) is 11.3 Å². The number of hydrogen-bond donors (Lipinski definition) is 1. The average molecular weight is 198 g/mol. The summed E-state index contributed by atoms with van der Waals surface area (Å²) in [5.74, 6) is 0. The van der Waals surface area contributed by atoms with Gasteiger partial charge in [-0.25, -0.2) is 4.98 Å². The van der Waals surface area contributed by atoms with Gasteiger partial charge in [-0.3, -0.25) is 0 Å². The number of aromatic nitrogens is 1. The Morgan fingerprint density at radius 2 is 2.62 bits per heavy atom. The average Bonchev–Trinajstić information content (AvgIpc) is 2.55. The van der Waals surface area contributed by atoms with E-state index in [-0.39, 0.29) is 0 Å². The molecule has 0 spiro atoms. The molecule has 2 heterocycles. The van der Waals surface area contributed by atoms with Crippen LogP contribution in [0.15, 0.2) is 11.6 Å². The van der Waals surface area contributed by atoms with Crippen molar-refractivity contribution in [2.45, 2.75) is 25.4 Å². The molecule has 0 aromatic carbocycles. The largest absolute Gasteiger partial charge is 0.378 e. The third kappa shape index (κ3) is 2.07. The lowest BCUT2D eigenvalue weighted by Crippen LogP contribution is -2.47. The van der Waals surface area contributed by atoms with E-state index in [1.54, 1.807) is 11.3 Å². The van der Waals surface area contributed by atoms with Gasteiger partial charge in [0.05, 0.1) is 25.3 Å². The number of thiazole rings is 1. The number of nitrogens with one attached hydrogen (secondary N) is 1. The highest BCUT2D eigenvalue weighted by molar-refractivity contribution is 7.09. The van der Waals surface area contributed by atoms with Gasteiger partial charge in [0.25, 0.3) is 0 Å². The van der Waals surface area contributed by atoms with Gasteiger partial charge in [0.15, 0.2) is 0 Å². The fourth-order valence-corrected chi connectivity index (χ4v) is 2.17. The Labute approximate surface area is 82.1 Å². The normalized spacial score (nSPS) is 19.8. The molecule has 4 heteroatoms. The van der Waals surface area contributed by atoms with Crippen LogP contribution in [0.3, 0.4) is 0 Å². The highest BCUT2D eigenvalue weighted by Crippen LogP contribution is 2.20. The summed E-state index contributed by atoms with van der Waals surface area (Å²) >= 11 is 1.72. The molecule has 1 aliphatic heterocycles. The van der Waals surface area contributed by atoms with Gasteiger partial charge >= 0.3 is 0 Å². The van der Waals surface area contributed by atoms with Crippen molar-refractivity contribution in [3.63, 3.8) is 0 Å². The van der Waals surface area contributed by atoms with Crippen molar-refractivity contribution in [3.05, 3.63) is 16.6 Å². The molecule has 0 bridgehead atoms. The van der Waals surface area contributed by atoms with E-state index in [0.29, 0.717) is 12.1 Å². The van der Waals surface area contributed by atoms with Crippen LogP contribution in [0.25, 0.3) is 0 Å². The topological polar surface area (TPSA) is 34.1 Å². The molecule has 1 aliphatic rings. The lowest BCUT2D eigenvalue weighted by atomic mass is 10.2. The van der Waals surface area contributed by atoms with Crippen molar-refractivity contribution >= 4 is 11.3 Å². The molecule has 1 aromatic rings. The van der Waals surface area contributed by atoms with Crippen LogP contribution in [-0.2, 0) is 4.74 Å². The fraction of sp³-hybridized carbons (Fsp3) is 0.667. The molecule has 1 atom stereocenters. The smallest absolute Gasteiger partial charge is 0.109 e. The van der Waals surface area contributed by atoms with Gasteiger partial charge in [-0.2, -0.15) is 0 Å². The van der Waals surface area contributed by atoms with Crippen molar-refractivity contribution in [3.8, 4) is 0 Å². The van der Waals surface area contributed by atoms with E-state index in [2.05, 4.69) is 17.2 Å². The Hall–Kier alpha value is -0.450. The lowest BCUT2D eigenvalue weighted by Gasteiger charge is -2.30. The molecular formula is C9H14N2OS. The van der Waals surface area contributed by atoms with Crippen LogP contribution in [-0.4, -0.2) is 24.2 Å². The zero-order valence-corrected chi connectivity index (χ0v) is 8.51. The second-order valence-corrected chi connectivity index (χ2v) is 4.16.